The predicted octanol–water partition coefficient (Wildman–Crippen LogP) is 2.01. The highest BCUT2D eigenvalue weighted by Gasteiger charge is 2.32. The molecule has 7 nitrogen and oxygen atoms in total. The van der Waals surface area contributed by atoms with Crippen molar-refractivity contribution in [2.24, 2.45) is 7.05 Å². The highest BCUT2D eigenvalue weighted by atomic mass is 16.5. The Morgan fingerprint density at radius 3 is 3.00 bits per heavy atom. The molecule has 1 aliphatic rings. The number of aromatic nitrogens is 3. The molecule has 124 valence electrons. The summed E-state index contributed by atoms with van der Waals surface area (Å²) in [5.74, 6) is 1.39. The number of carbonyl (C=O) groups excluding carboxylic acids is 1. The van der Waals surface area contributed by atoms with Crippen LogP contribution in [0.1, 0.15) is 48.3 Å². The predicted molar refractivity (Wildman–Crippen MR) is 83.3 cm³/mol. The van der Waals surface area contributed by atoms with E-state index in [0.717, 1.165) is 25.0 Å². The molecule has 0 bridgehead atoms. The average Bonchev–Trinajstić information content (AvgIpc) is 3.21. The number of nitrogens with zero attached hydrogens (tertiary/aromatic N) is 3. The molecule has 1 saturated carbocycles. The Bertz CT molecular complexity index is 691. The Labute approximate surface area is 135 Å². The first kappa shape index (κ1) is 15.6. The summed E-state index contributed by atoms with van der Waals surface area (Å²) in [5, 5.41) is 7.12. The van der Waals surface area contributed by atoms with E-state index in [2.05, 4.69) is 15.4 Å². The summed E-state index contributed by atoms with van der Waals surface area (Å²) in [5.41, 5.74) is 0.627. The van der Waals surface area contributed by atoms with Crippen LogP contribution in [-0.4, -0.2) is 32.8 Å². The van der Waals surface area contributed by atoms with Crippen molar-refractivity contribution < 1.29 is 13.9 Å². The smallest absolute Gasteiger partial charge is 0.289 e. The largest absolute Gasteiger partial charge is 0.485 e. The third-order valence-electron chi connectivity index (χ3n) is 4.09. The fraction of sp³-hybridized carbons (Fsp3) is 0.562. The molecule has 0 saturated heterocycles. The number of aryl methyl sites for hydroxylation is 3. The zero-order valence-corrected chi connectivity index (χ0v) is 13.7. The lowest BCUT2D eigenvalue weighted by molar-refractivity contribution is 0.0864. The van der Waals surface area contributed by atoms with Crippen LogP contribution in [0.2, 0.25) is 0 Å². The van der Waals surface area contributed by atoms with Crippen LogP contribution in [-0.2, 0) is 13.5 Å². The van der Waals surface area contributed by atoms with Gasteiger partial charge in [-0.05, 0) is 26.2 Å². The van der Waals surface area contributed by atoms with Crippen molar-refractivity contribution in [2.45, 2.75) is 51.7 Å². The van der Waals surface area contributed by atoms with Crippen molar-refractivity contribution in [3.8, 4) is 5.75 Å². The molecule has 0 aromatic carbocycles. The van der Waals surface area contributed by atoms with Crippen LogP contribution in [0.15, 0.2) is 16.8 Å². The molecular formula is C16H22N4O3. The first-order chi connectivity index (χ1) is 11.1. The first-order valence-electron chi connectivity index (χ1n) is 7.99. The van der Waals surface area contributed by atoms with E-state index in [-0.39, 0.29) is 18.1 Å². The molecule has 23 heavy (non-hydrogen) atoms. The number of oxazole rings is 1. The standard InChI is InChI=1S/C16H22N4O3/c1-4-14-18-10(2)15(23-14)16(21)19-12-6-5-7-13(12)22-11-8-17-20(3)9-11/h8-9,12-13H,4-7H2,1-3H3,(H,19,21)/t12-,13+/m0/s1. The van der Waals surface area contributed by atoms with Crippen molar-refractivity contribution in [3.63, 3.8) is 0 Å². The molecule has 2 aromatic heterocycles. The Hall–Kier alpha value is -2.31. The average molecular weight is 318 g/mol. The Morgan fingerprint density at radius 1 is 1.52 bits per heavy atom. The fourth-order valence-electron chi connectivity index (χ4n) is 2.91. The van der Waals surface area contributed by atoms with Crippen LogP contribution in [0.4, 0.5) is 0 Å². The SMILES string of the molecule is CCc1nc(C)c(C(=O)N[C@H]2CCC[C@H]2Oc2cnn(C)c2)o1. The molecule has 1 N–H and O–H groups in total. The van der Waals surface area contributed by atoms with Crippen LogP contribution < -0.4 is 10.1 Å². The van der Waals surface area contributed by atoms with Gasteiger partial charge in [0, 0.05) is 13.5 Å². The lowest BCUT2D eigenvalue weighted by Crippen LogP contribution is -2.42. The summed E-state index contributed by atoms with van der Waals surface area (Å²) in [6, 6.07) is -0.0303. The number of hydrogen-bond donors (Lipinski definition) is 1. The van der Waals surface area contributed by atoms with Gasteiger partial charge in [-0.3, -0.25) is 9.48 Å². The van der Waals surface area contributed by atoms with E-state index in [1.807, 2.05) is 20.2 Å². The number of hydrogen-bond acceptors (Lipinski definition) is 5. The van der Waals surface area contributed by atoms with Gasteiger partial charge < -0.3 is 14.5 Å². The van der Waals surface area contributed by atoms with E-state index in [0.29, 0.717) is 23.8 Å². The maximum Gasteiger partial charge on any atom is 0.289 e. The molecule has 7 heteroatoms. The lowest BCUT2D eigenvalue weighted by Gasteiger charge is -2.21. The first-order valence-corrected chi connectivity index (χ1v) is 7.99. The van der Waals surface area contributed by atoms with Crippen LogP contribution in [0.25, 0.3) is 0 Å². The second-order valence-corrected chi connectivity index (χ2v) is 5.89. The van der Waals surface area contributed by atoms with Gasteiger partial charge in [0.1, 0.15) is 6.10 Å². The van der Waals surface area contributed by atoms with Crippen LogP contribution in [0.5, 0.6) is 5.75 Å². The Balaban J connectivity index is 1.65. The van der Waals surface area contributed by atoms with Crippen molar-refractivity contribution in [1.29, 1.82) is 0 Å². The fourth-order valence-corrected chi connectivity index (χ4v) is 2.91. The van der Waals surface area contributed by atoms with Crippen molar-refractivity contribution in [3.05, 3.63) is 29.7 Å². The summed E-state index contributed by atoms with van der Waals surface area (Å²) in [4.78, 5) is 16.7. The quantitative estimate of drug-likeness (QED) is 0.912. The molecular weight excluding hydrogens is 296 g/mol. The van der Waals surface area contributed by atoms with Gasteiger partial charge in [-0.25, -0.2) is 4.98 Å². The summed E-state index contributed by atoms with van der Waals surface area (Å²) in [7, 11) is 1.85. The topological polar surface area (TPSA) is 82.2 Å². The number of rotatable bonds is 5. The van der Waals surface area contributed by atoms with Crippen molar-refractivity contribution in [1.82, 2.24) is 20.1 Å². The van der Waals surface area contributed by atoms with E-state index in [1.165, 1.54) is 0 Å². The highest BCUT2D eigenvalue weighted by molar-refractivity contribution is 5.92. The minimum atomic E-state index is -0.221. The Kier molecular flexibility index (Phi) is 4.36. The van der Waals surface area contributed by atoms with Gasteiger partial charge in [-0.15, -0.1) is 0 Å². The number of ether oxygens (including phenoxy) is 1. The molecule has 0 spiro atoms. The zero-order valence-electron chi connectivity index (χ0n) is 13.7. The number of nitrogens with one attached hydrogen (secondary N) is 1. The highest BCUT2D eigenvalue weighted by Crippen LogP contribution is 2.25. The summed E-state index contributed by atoms with van der Waals surface area (Å²) < 4.78 is 13.2. The number of carbonyl (C=O) groups is 1. The molecule has 3 rings (SSSR count). The molecule has 2 heterocycles. The van der Waals surface area contributed by atoms with E-state index < -0.39 is 0 Å². The van der Waals surface area contributed by atoms with Gasteiger partial charge in [0.2, 0.25) is 5.76 Å². The molecule has 0 unspecified atom stereocenters. The normalized spacial score (nSPS) is 20.7. The van der Waals surface area contributed by atoms with E-state index in [9.17, 15) is 4.79 Å². The molecule has 1 amide bonds. The molecule has 0 aliphatic heterocycles. The zero-order chi connectivity index (χ0) is 16.4. The van der Waals surface area contributed by atoms with Gasteiger partial charge in [0.25, 0.3) is 5.91 Å². The maximum atomic E-state index is 12.4. The minimum absolute atomic E-state index is 0.0303. The molecule has 1 aliphatic carbocycles. The van der Waals surface area contributed by atoms with Gasteiger partial charge in [-0.1, -0.05) is 6.92 Å². The van der Waals surface area contributed by atoms with Crippen LogP contribution in [0, 0.1) is 6.92 Å². The van der Waals surface area contributed by atoms with Gasteiger partial charge in [0.05, 0.1) is 24.1 Å². The van der Waals surface area contributed by atoms with Crippen LogP contribution in [0.3, 0.4) is 0 Å². The molecule has 1 fully saturated rings. The third-order valence-corrected chi connectivity index (χ3v) is 4.09. The molecule has 2 aromatic rings. The third kappa shape index (κ3) is 3.38. The summed E-state index contributed by atoms with van der Waals surface area (Å²) in [6.07, 6.45) is 6.96. The Morgan fingerprint density at radius 2 is 2.35 bits per heavy atom. The summed E-state index contributed by atoms with van der Waals surface area (Å²) in [6.45, 7) is 3.73. The van der Waals surface area contributed by atoms with E-state index in [4.69, 9.17) is 9.15 Å². The maximum absolute atomic E-state index is 12.4. The van der Waals surface area contributed by atoms with Gasteiger partial charge in [-0.2, -0.15) is 5.10 Å². The van der Waals surface area contributed by atoms with Crippen molar-refractivity contribution >= 4 is 5.91 Å². The molecule has 0 radical (unpaired) electrons. The summed E-state index contributed by atoms with van der Waals surface area (Å²) >= 11 is 0. The number of amides is 1. The lowest BCUT2D eigenvalue weighted by atomic mass is 10.2. The second kappa shape index (κ2) is 6.44. The van der Waals surface area contributed by atoms with Crippen LogP contribution >= 0.6 is 0 Å². The van der Waals surface area contributed by atoms with Gasteiger partial charge >= 0.3 is 0 Å². The van der Waals surface area contributed by atoms with E-state index in [1.54, 1.807) is 17.8 Å². The van der Waals surface area contributed by atoms with Crippen molar-refractivity contribution in [2.75, 3.05) is 0 Å². The molecule has 2 atom stereocenters. The van der Waals surface area contributed by atoms with E-state index >= 15 is 0 Å². The van der Waals surface area contributed by atoms with Gasteiger partial charge in [0.15, 0.2) is 11.6 Å². The second-order valence-electron chi connectivity index (χ2n) is 5.89. The monoisotopic (exact) mass is 318 g/mol. The minimum Gasteiger partial charge on any atom is -0.485 e.